The molecule has 0 spiro atoms. The highest BCUT2D eigenvalue weighted by molar-refractivity contribution is 14.1. The Morgan fingerprint density at radius 1 is 1.03 bits per heavy atom. The maximum absolute atomic E-state index is 12.8. The van der Waals surface area contributed by atoms with E-state index in [1.54, 1.807) is 24.3 Å². The second kappa shape index (κ2) is 9.35. The normalized spacial score (nSPS) is 14.2. The van der Waals surface area contributed by atoms with E-state index in [1.807, 2.05) is 31.2 Å². The highest BCUT2D eigenvalue weighted by Gasteiger charge is 2.28. The molecule has 8 heteroatoms. The second-order valence-corrected chi connectivity index (χ2v) is 9.34. The first-order valence-electron chi connectivity index (χ1n) is 9.74. The summed E-state index contributed by atoms with van der Waals surface area (Å²) in [6.07, 6.45) is 2.27. The number of nitrogens with zero attached hydrogens (tertiary/aromatic N) is 1. The predicted octanol–water partition coefficient (Wildman–Crippen LogP) is 5.68. The van der Waals surface area contributed by atoms with Crippen molar-refractivity contribution in [3.63, 3.8) is 0 Å². The summed E-state index contributed by atoms with van der Waals surface area (Å²) in [7, 11) is 0. The molecule has 1 aliphatic carbocycles. The molecule has 1 aromatic heterocycles. The van der Waals surface area contributed by atoms with Gasteiger partial charge in [0, 0.05) is 36.8 Å². The van der Waals surface area contributed by atoms with E-state index >= 15 is 0 Å². The molecule has 2 amide bonds. The third kappa shape index (κ3) is 4.90. The number of anilines is 1. The van der Waals surface area contributed by atoms with E-state index in [1.165, 1.54) is 0 Å². The zero-order valence-electron chi connectivity index (χ0n) is 16.7. The molecule has 4 rings (SSSR count). The van der Waals surface area contributed by atoms with E-state index in [4.69, 9.17) is 4.42 Å². The fourth-order valence-corrected chi connectivity index (χ4v) is 4.13. The SMILES string of the molecule is Cc1c(C(=O)Nc2ccc(I)cc2)oc2c1/C(=N/NC(=O)c1ccc(Br)cc1)CCC2. The van der Waals surface area contributed by atoms with Crippen molar-refractivity contribution < 1.29 is 14.0 Å². The minimum absolute atomic E-state index is 0.275. The zero-order valence-corrected chi connectivity index (χ0v) is 20.4. The summed E-state index contributed by atoms with van der Waals surface area (Å²) < 4.78 is 7.91. The maximum Gasteiger partial charge on any atom is 0.291 e. The average molecular weight is 592 g/mol. The second-order valence-electron chi connectivity index (χ2n) is 7.18. The Morgan fingerprint density at radius 2 is 1.74 bits per heavy atom. The number of rotatable bonds is 4. The summed E-state index contributed by atoms with van der Waals surface area (Å²) in [5, 5.41) is 7.24. The van der Waals surface area contributed by atoms with Gasteiger partial charge in [-0.1, -0.05) is 15.9 Å². The number of carbonyl (C=O) groups is 2. The van der Waals surface area contributed by atoms with Crippen LogP contribution in [-0.2, 0) is 6.42 Å². The molecule has 0 bridgehead atoms. The molecular weight excluding hydrogens is 573 g/mol. The lowest BCUT2D eigenvalue weighted by Crippen LogP contribution is -2.22. The van der Waals surface area contributed by atoms with Gasteiger partial charge < -0.3 is 9.73 Å². The van der Waals surface area contributed by atoms with Crippen molar-refractivity contribution in [2.75, 3.05) is 5.32 Å². The molecule has 31 heavy (non-hydrogen) atoms. The van der Waals surface area contributed by atoms with E-state index in [-0.39, 0.29) is 17.6 Å². The number of hydrogen-bond acceptors (Lipinski definition) is 4. The molecule has 0 saturated carbocycles. The van der Waals surface area contributed by atoms with Crippen LogP contribution in [0.2, 0.25) is 0 Å². The van der Waals surface area contributed by atoms with Crippen LogP contribution in [0.15, 0.2) is 62.5 Å². The van der Waals surface area contributed by atoms with Crippen LogP contribution in [0.5, 0.6) is 0 Å². The van der Waals surface area contributed by atoms with Gasteiger partial charge in [0.05, 0.1) is 5.71 Å². The average Bonchev–Trinajstić information content (AvgIpc) is 3.11. The fourth-order valence-electron chi connectivity index (χ4n) is 3.50. The van der Waals surface area contributed by atoms with E-state index in [2.05, 4.69) is 54.4 Å². The van der Waals surface area contributed by atoms with Crippen molar-refractivity contribution >= 4 is 61.7 Å². The fraction of sp³-hybridized carbons (Fsp3) is 0.174. The van der Waals surface area contributed by atoms with E-state index in [9.17, 15) is 9.59 Å². The largest absolute Gasteiger partial charge is 0.455 e. The number of benzene rings is 2. The van der Waals surface area contributed by atoms with E-state index in [0.717, 1.165) is 43.5 Å². The summed E-state index contributed by atoms with van der Waals surface area (Å²) in [4.78, 5) is 25.2. The lowest BCUT2D eigenvalue weighted by Gasteiger charge is -2.13. The molecule has 0 saturated heterocycles. The Kier molecular flexibility index (Phi) is 6.57. The number of hydrazone groups is 1. The van der Waals surface area contributed by atoms with Crippen LogP contribution >= 0.6 is 38.5 Å². The Hall–Kier alpha value is -2.46. The van der Waals surface area contributed by atoms with Crippen LogP contribution in [0.25, 0.3) is 0 Å². The number of fused-ring (bicyclic) bond motifs is 1. The summed E-state index contributed by atoms with van der Waals surface area (Å²) in [5.74, 6) is 0.418. The predicted molar refractivity (Wildman–Crippen MR) is 132 cm³/mol. The first kappa shape index (κ1) is 21.8. The molecule has 0 radical (unpaired) electrons. The van der Waals surface area contributed by atoms with Gasteiger partial charge in [-0.2, -0.15) is 5.10 Å². The van der Waals surface area contributed by atoms with Crippen molar-refractivity contribution in [3.05, 3.63) is 84.8 Å². The van der Waals surface area contributed by atoms with Crippen LogP contribution < -0.4 is 10.7 Å². The quantitative estimate of drug-likeness (QED) is 0.302. The number of halogens is 2. The van der Waals surface area contributed by atoms with Crippen LogP contribution in [-0.4, -0.2) is 17.5 Å². The summed E-state index contributed by atoms with van der Waals surface area (Å²) in [5.41, 5.74) is 6.12. The number of furan rings is 1. The van der Waals surface area contributed by atoms with Gasteiger partial charge in [-0.05, 0) is 90.9 Å². The molecule has 0 fully saturated rings. The Labute approximate surface area is 201 Å². The van der Waals surface area contributed by atoms with Gasteiger partial charge in [-0.3, -0.25) is 9.59 Å². The third-order valence-electron chi connectivity index (χ3n) is 5.03. The van der Waals surface area contributed by atoms with Crippen molar-refractivity contribution in [1.29, 1.82) is 0 Å². The summed E-state index contributed by atoms with van der Waals surface area (Å²) in [6.45, 7) is 1.85. The molecule has 1 aliphatic rings. The van der Waals surface area contributed by atoms with Gasteiger partial charge in [0.15, 0.2) is 5.76 Å². The van der Waals surface area contributed by atoms with Gasteiger partial charge in [0.2, 0.25) is 0 Å². The van der Waals surface area contributed by atoms with Crippen molar-refractivity contribution in [2.45, 2.75) is 26.2 Å². The Bertz CT molecular complexity index is 1170. The van der Waals surface area contributed by atoms with Gasteiger partial charge in [-0.15, -0.1) is 0 Å². The first-order valence-corrected chi connectivity index (χ1v) is 11.6. The summed E-state index contributed by atoms with van der Waals surface area (Å²) >= 11 is 5.57. The Balaban J connectivity index is 1.55. The lowest BCUT2D eigenvalue weighted by molar-refractivity contribution is 0.0953. The smallest absolute Gasteiger partial charge is 0.291 e. The maximum atomic E-state index is 12.8. The van der Waals surface area contributed by atoms with Gasteiger partial charge in [0.25, 0.3) is 11.8 Å². The molecule has 1 heterocycles. The molecule has 0 unspecified atom stereocenters. The molecule has 0 atom stereocenters. The molecular formula is C23H19BrIN3O3. The molecule has 2 aromatic carbocycles. The third-order valence-corrected chi connectivity index (χ3v) is 6.28. The molecule has 0 aliphatic heterocycles. The first-order chi connectivity index (χ1) is 14.9. The number of nitrogens with one attached hydrogen (secondary N) is 2. The molecule has 6 nitrogen and oxygen atoms in total. The molecule has 2 N–H and O–H groups in total. The highest BCUT2D eigenvalue weighted by Crippen LogP contribution is 2.30. The van der Waals surface area contributed by atoms with Gasteiger partial charge in [0.1, 0.15) is 5.76 Å². The van der Waals surface area contributed by atoms with Crippen LogP contribution in [0, 0.1) is 10.5 Å². The molecule has 3 aromatic rings. The standard InChI is InChI=1S/C23H19BrIN3O3/c1-13-20-18(27-28-22(29)14-5-7-15(24)8-6-14)3-2-4-19(20)31-21(13)23(30)26-17-11-9-16(25)10-12-17/h5-12H,2-4H2,1H3,(H,26,30)(H,28,29)/b27-18+. The van der Waals surface area contributed by atoms with Crippen LogP contribution in [0.1, 0.15) is 50.6 Å². The minimum Gasteiger partial charge on any atom is -0.455 e. The van der Waals surface area contributed by atoms with Gasteiger partial charge in [-0.25, -0.2) is 5.43 Å². The zero-order chi connectivity index (χ0) is 22.0. The monoisotopic (exact) mass is 591 g/mol. The van der Waals surface area contributed by atoms with Crippen molar-refractivity contribution in [3.8, 4) is 0 Å². The lowest BCUT2D eigenvalue weighted by atomic mass is 9.93. The number of hydrogen-bond donors (Lipinski definition) is 2. The van der Waals surface area contributed by atoms with Crippen molar-refractivity contribution in [1.82, 2.24) is 5.43 Å². The van der Waals surface area contributed by atoms with E-state index < -0.39 is 0 Å². The van der Waals surface area contributed by atoms with Gasteiger partial charge >= 0.3 is 0 Å². The number of aryl methyl sites for hydroxylation is 1. The van der Waals surface area contributed by atoms with Crippen molar-refractivity contribution in [2.24, 2.45) is 5.10 Å². The number of amides is 2. The Morgan fingerprint density at radius 3 is 2.45 bits per heavy atom. The molecule has 158 valence electrons. The van der Waals surface area contributed by atoms with E-state index in [0.29, 0.717) is 17.7 Å². The van der Waals surface area contributed by atoms with Crippen LogP contribution in [0.4, 0.5) is 5.69 Å². The highest BCUT2D eigenvalue weighted by atomic mass is 127. The topological polar surface area (TPSA) is 83.7 Å². The summed E-state index contributed by atoms with van der Waals surface area (Å²) in [6, 6.07) is 14.6. The van der Waals surface area contributed by atoms with Crippen LogP contribution in [0.3, 0.4) is 0 Å². The number of carbonyl (C=O) groups excluding carboxylic acids is 2. The minimum atomic E-state index is -0.300.